The number of hydrogen-bond acceptors (Lipinski definition) is 2. The fourth-order valence-corrected chi connectivity index (χ4v) is 1.44. The first-order chi connectivity index (χ1) is 7.32. The second-order valence-corrected chi connectivity index (χ2v) is 3.85. The van der Waals surface area contributed by atoms with E-state index in [2.05, 4.69) is 5.32 Å². The van der Waals surface area contributed by atoms with Crippen LogP contribution in [0, 0.1) is 0 Å². The summed E-state index contributed by atoms with van der Waals surface area (Å²) in [4.78, 5) is 10.6. The molecular weight excluding hydrogens is 223 g/mol. The highest BCUT2D eigenvalue weighted by Crippen LogP contribution is 2.48. The Morgan fingerprint density at radius 2 is 2.06 bits per heavy atom. The largest absolute Gasteiger partial charge is 0.478 e. The third-order valence-electron chi connectivity index (χ3n) is 2.74. The minimum atomic E-state index is -4.25. The molecule has 3 nitrogen and oxygen atoms in total. The standard InChI is InChI=1S/C10H14F3NO2/c1-2-7(8(15)16)3-6-14-9(4-5-9)10(11,12)13/h3,14H,2,4-6H2,1H3,(H,15,16). The molecule has 1 fully saturated rings. The van der Waals surface area contributed by atoms with Crippen molar-refractivity contribution in [2.24, 2.45) is 0 Å². The molecule has 0 atom stereocenters. The molecule has 0 aromatic heterocycles. The van der Waals surface area contributed by atoms with Crippen LogP contribution in [0.15, 0.2) is 11.6 Å². The lowest BCUT2D eigenvalue weighted by Crippen LogP contribution is -2.44. The van der Waals surface area contributed by atoms with Crippen molar-refractivity contribution in [2.45, 2.75) is 37.9 Å². The molecule has 0 radical (unpaired) electrons. The van der Waals surface area contributed by atoms with Gasteiger partial charge in [0.1, 0.15) is 5.54 Å². The molecule has 6 heteroatoms. The Kier molecular flexibility index (Phi) is 3.62. The highest BCUT2D eigenvalue weighted by atomic mass is 19.4. The number of carboxylic acid groups (broad SMARTS) is 1. The number of aliphatic carboxylic acids is 1. The average Bonchev–Trinajstić information content (AvgIpc) is 2.91. The normalized spacial score (nSPS) is 19.6. The maximum atomic E-state index is 12.5. The quantitative estimate of drug-likeness (QED) is 0.720. The van der Waals surface area contributed by atoms with Crippen LogP contribution in [0.5, 0.6) is 0 Å². The van der Waals surface area contributed by atoms with Gasteiger partial charge in [0.15, 0.2) is 0 Å². The third-order valence-corrected chi connectivity index (χ3v) is 2.74. The zero-order chi connectivity index (χ0) is 12.4. The minimum Gasteiger partial charge on any atom is -0.478 e. The molecule has 1 aliphatic rings. The van der Waals surface area contributed by atoms with Crippen LogP contribution < -0.4 is 5.32 Å². The van der Waals surface area contributed by atoms with Crippen molar-refractivity contribution >= 4 is 5.97 Å². The molecule has 1 rings (SSSR count). The Labute approximate surface area is 91.3 Å². The van der Waals surface area contributed by atoms with Crippen molar-refractivity contribution in [3.05, 3.63) is 11.6 Å². The monoisotopic (exact) mass is 237 g/mol. The summed E-state index contributed by atoms with van der Waals surface area (Å²) in [5.74, 6) is -1.08. The van der Waals surface area contributed by atoms with E-state index in [4.69, 9.17) is 5.11 Å². The second-order valence-electron chi connectivity index (χ2n) is 3.85. The minimum absolute atomic E-state index is 0.0605. The molecular formula is C10H14F3NO2. The van der Waals surface area contributed by atoms with E-state index in [1.54, 1.807) is 6.92 Å². The summed E-state index contributed by atoms with van der Waals surface area (Å²) >= 11 is 0. The highest BCUT2D eigenvalue weighted by molar-refractivity contribution is 5.86. The fraction of sp³-hybridized carbons (Fsp3) is 0.700. The number of carbonyl (C=O) groups is 1. The summed E-state index contributed by atoms with van der Waals surface area (Å²) in [7, 11) is 0. The molecule has 92 valence electrons. The van der Waals surface area contributed by atoms with Crippen LogP contribution >= 0.6 is 0 Å². The predicted molar refractivity (Wildman–Crippen MR) is 52.0 cm³/mol. The van der Waals surface area contributed by atoms with Crippen LogP contribution in [0.3, 0.4) is 0 Å². The van der Waals surface area contributed by atoms with Crippen molar-refractivity contribution < 1.29 is 23.1 Å². The van der Waals surface area contributed by atoms with Crippen molar-refractivity contribution in [2.75, 3.05) is 6.54 Å². The lowest BCUT2D eigenvalue weighted by molar-refractivity contribution is -0.165. The zero-order valence-corrected chi connectivity index (χ0v) is 8.90. The van der Waals surface area contributed by atoms with E-state index in [-0.39, 0.29) is 25.0 Å². The van der Waals surface area contributed by atoms with Gasteiger partial charge in [0.2, 0.25) is 0 Å². The SMILES string of the molecule is CCC(=CCNC1(C(F)(F)F)CC1)C(=O)O. The molecule has 0 bridgehead atoms. The van der Waals surface area contributed by atoms with Gasteiger partial charge in [-0.15, -0.1) is 0 Å². The van der Waals surface area contributed by atoms with Gasteiger partial charge >= 0.3 is 12.1 Å². The number of carboxylic acids is 1. The van der Waals surface area contributed by atoms with E-state index in [9.17, 15) is 18.0 Å². The topological polar surface area (TPSA) is 49.3 Å². The Morgan fingerprint density at radius 1 is 1.50 bits per heavy atom. The van der Waals surface area contributed by atoms with Gasteiger partial charge in [-0.1, -0.05) is 13.0 Å². The van der Waals surface area contributed by atoms with Crippen LogP contribution in [-0.2, 0) is 4.79 Å². The number of nitrogens with one attached hydrogen (secondary N) is 1. The van der Waals surface area contributed by atoms with Crippen LogP contribution in [-0.4, -0.2) is 29.3 Å². The van der Waals surface area contributed by atoms with Gasteiger partial charge in [-0.25, -0.2) is 4.79 Å². The van der Waals surface area contributed by atoms with Gasteiger partial charge in [-0.2, -0.15) is 13.2 Å². The predicted octanol–water partition coefficient (Wildman–Crippen LogP) is 2.09. The van der Waals surface area contributed by atoms with Crippen molar-refractivity contribution in [1.82, 2.24) is 5.32 Å². The first-order valence-electron chi connectivity index (χ1n) is 5.06. The molecule has 2 N–H and O–H groups in total. The van der Waals surface area contributed by atoms with E-state index in [0.717, 1.165) is 0 Å². The van der Waals surface area contributed by atoms with Gasteiger partial charge in [0, 0.05) is 12.1 Å². The smallest absolute Gasteiger partial charge is 0.406 e. The van der Waals surface area contributed by atoms with E-state index < -0.39 is 17.7 Å². The van der Waals surface area contributed by atoms with Crippen LogP contribution in [0.1, 0.15) is 26.2 Å². The molecule has 0 unspecified atom stereocenters. The van der Waals surface area contributed by atoms with E-state index in [0.29, 0.717) is 6.42 Å². The molecule has 0 heterocycles. The van der Waals surface area contributed by atoms with Crippen LogP contribution in [0.4, 0.5) is 13.2 Å². The fourth-order valence-electron chi connectivity index (χ4n) is 1.44. The summed E-state index contributed by atoms with van der Waals surface area (Å²) in [5.41, 5.74) is -1.65. The third kappa shape index (κ3) is 2.75. The van der Waals surface area contributed by atoms with E-state index >= 15 is 0 Å². The second kappa shape index (κ2) is 4.45. The van der Waals surface area contributed by atoms with Crippen LogP contribution in [0.2, 0.25) is 0 Å². The van der Waals surface area contributed by atoms with Gasteiger partial charge in [0.25, 0.3) is 0 Å². The first-order valence-corrected chi connectivity index (χ1v) is 5.06. The van der Waals surface area contributed by atoms with Gasteiger partial charge in [0.05, 0.1) is 0 Å². The lowest BCUT2D eigenvalue weighted by Gasteiger charge is -2.19. The average molecular weight is 237 g/mol. The number of rotatable bonds is 5. The molecule has 0 aromatic rings. The van der Waals surface area contributed by atoms with Gasteiger partial charge in [-0.05, 0) is 19.3 Å². The summed E-state index contributed by atoms with van der Waals surface area (Å²) in [6.07, 6.45) is -2.52. The molecule has 1 saturated carbocycles. The molecule has 16 heavy (non-hydrogen) atoms. The van der Waals surface area contributed by atoms with Gasteiger partial charge in [-0.3, -0.25) is 0 Å². The molecule has 0 aromatic carbocycles. The van der Waals surface area contributed by atoms with Crippen LogP contribution in [0.25, 0.3) is 0 Å². The van der Waals surface area contributed by atoms with Crippen molar-refractivity contribution in [3.63, 3.8) is 0 Å². The Morgan fingerprint density at radius 3 is 2.38 bits per heavy atom. The number of hydrogen-bond donors (Lipinski definition) is 2. The van der Waals surface area contributed by atoms with E-state index in [1.807, 2.05) is 0 Å². The van der Waals surface area contributed by atoms with Crippen molar-refractivity contribution in [1.29, 1.82) is 0 Å². The Hall–Kier alpha value is -1.04. The molecule has 0 aliphatic heterocycles. The van der Waals surface area contributed by atoms with Gasteiger partial charge < -0.3 is 10.4 Å². The first kappa shape index (κ1) is 13.0. The Balaban J connectivity index is 2.50. The zero-order valence-electron chi connectivity index (χ0n) is 8.90. The maximum absolute atomic E-state index is 12.5. The number of alkyl halides is 3. The highest BCUT2D eigenvalue weighted by Gasteiger charge is 2.62. The summed E-state index contributed by atoms with van der Waals surface area (Å²) in [6, 6.07) is 0. The van der Waals surface area contributed by atoms with Crippen molar-refractivity contribution in [3.8, 4) is 0 Å². The number of halogens is 3. The summed E-state index contributed by atoms with van der Waals surface area (Å²) in [5, 5.41) is 11.0. The maximum Gasteiger partial charge on any atom is 0.406 e. The summed E-state index contributed by atoms with van der Waals surface area (Å²) in [6.45, 7) is 1.59. The van der Waals surface area contributed by atoms with E-state index in [1.165, 1.54) is 6.08 Å². The lowest BCUT2D eigenvalue weighted by atomic mass is 10.2. The Bertz CT molecular complexity index is 306. The molecule has 1 aliphatic carbocycles. The summed E-state index contributed by atoms with van der Waals surface area (Å²) < 4.78 is 37.4. The molecule has 0 saturated heterocycles. The molecule has 0 amide bonds. The molecule has 0 spiro atoms.